The van der Waals surface area contributed by atoms with Crippen LogP contribution >= 0.6 is 11.8 Å². The summed E-state index contributed by atoms with van der Waals surface area (Å²) in [5, 5.41) is 33.8. The second-order valence-corrected chi connectivity index (χ2v) is 6.93. The number of carboxylic acids is 1. The van der Waals surface area contributed by atoms with Crippen molar-refractivity contribution in [3.8, 4) is 22.9 Å². The van der Waals surface area contributed by atoms with E-state index in [4.69, 9.17) is 9.15 Å². The molecule has 2 heterocycles. The number of ether oxygens (including phenoxy) is 1. The molecule has 3 aromatic rings. The molecule has 0 fully saturated rings. The zero-order valence-corrected chi connectivity index (χ0v) is 16.7. The lowest BCUT2D eigenvalue weighted by Gasteiger charge is -2.07. The quantitative estimate of drug-likeness (QED) is 0.416. The molecule has 0 amide bonds. The van der Waals surface area contributed by atoms with Crippen LogP contribution < -0.4 is 9.84 Å². The fraction of sp³-hybridized carbons (Fsp3) is 0.263. The molecule has 1 N–H and O–H groups in total. The van der Waals surface area contributed by atoms with E-state index in [1.54, 1.807) is 25.1 Å². The Morgan fingerprint density at radius 2 is 2.24 bits per heavy atom. The molecule has 0 saturated heterocycles. The number of aliphatic carboxylic acids is 1. The van der Waals surface area contributed by atoms with Crippen LogP contribution in [-0.4, -0.2) is 44.5 Å². The number of furan rings is 1. The molecule has 3 rings (SSSR count). The third kappa shape index (κ3) is 4.96. The number of rotatable bonds is 9. The van der Waals surface area contributed by atoms with Crippen LogP contribution in [0.2, 0.25) is 0 Å². The van der Waals surface area contributed by atoms with Crippen LogP contribution in [0, 0.1) is 6.92 Å². The lowest BCUT2D eigenvalue weighted by molar-refractivity contribution is -0.301. The van der Waals surface area contributed by atoms with E-state index in [0.717, 1.165) is 18.2 Å². The molecule has 0 atom stereocenters. The number of aromatic hydroxyl groups is 1. The first kappa shape index (κ1) is 20.5. The van der Waals surface area contributed by atoms with Crippen LogP contribution in [0.3, 0.4) is 0 Å². The van der Waals surface area contributed by atoms with Crippen molar-refractivity contribution in [1.82, 2.24) is 14.9 Å². The summed E-state index contributed by atoms with van der Waals surface area (Å²) in [6.45, 7) is 4.32. The van der Waals surface area contributed by atoms with E-state index in [-0.39, 0.29) is 16.7 Å². The Kier molecular flexibility index (Phi) is 6.55. The number of phenolic OH excluding ortho intramolecular Hbond substituents is 1. The van der Waals surface area contributed by atoms with Gasteiger partial charge in [-0.2, -0.15) is 9.78 Å². The van der Waals surface area contributed by atoms with Gasteiger partial charge >= 0.3 is 0 Å². The molecule has 1 aromatic carbocycles. The Hall–Kier alpha value is -3.27. The highest BCUT2D eigenvalue weighted by molar-refractivity contribution is 7.99. The molecule has 0 aliphatic carbocycles. The van der Waals surface area contributed by atoms with Crippen molar-refractivity contribution in [2.75, 3.05) is 12.4 Å². The van der Waals surface area contributed by atoms with Gasteiger partial charge in [0.15, 0.2) is 5.82 Å². The highest BCUT2D eigenvalue weighted by Crippen LogP contribution is 2.27. The second kappa shape index (κ2) is 9.28. The molecule has 29 heavy (non-hydrogen) atoms. The number of hydrogen-bond acceptors (Lipinski definition) is 9. The molecule has 10 heteroatoms. The molecule has 2 aromatic heterocycles. The molecule has 0 bridgehead atoms. The van der Waals surface area contributed by atoms with E-state index in [1.807, 2.05) is 6.92 Å². The molecular weight excluding hydrogens is 396 g/mol. The summed E-state index contributed by atoms with van der Waals surface area (Å²) in [5.41, 5.74) is 1.12. The van der Waals surface area contributed by atoms with Gasteiger partial charge in [0.25, 0.3) is 0 Å². The van der Waals surface area contributed by atoms with Crippen LogP contribution in [0.5, 0.6) is 11.5 Å². The van der Waals surface area contributed by atoms with Crippen molar-refractivity contribution in [1.29, 1.82) is 0 Å². The summed E-state index contributed by atoms with van der Waals surface area (Å²) in [7, 11) is 0. The fourth-order valence-electron chi connectivity index (χ4n) is 2.43. The number of phenols is 1. The summed E-state index contributed by atoms with van der Waals surface area (Å²) in [4.78, 5) is 10.8. The van der Waals surface area contributed by atoms with Gasteiger partial charge in [-0.25, -0.2) is 0 Å². The van der Waals surface area contributed by atoms with E-state index >= 15 is 0 Å². The Bertz CT molecular complexity index is 1030. The molecule has 0 aliphatic rings. The number of hydrogen-bond donors (Lipinski definition) is 1. The van der Waals surface area contributed by atoms with E-state index in [9.17, 15) is 15.0 Å². The zero-order chi connectivity index (χ0) is 20.8. The lowest BCUT2D eigenvalue weighted by Crippen LogP contribution is -2.24. The van der Waals surface area contributed by atoms with Crippen molar-refractivity contribution < 1.29 is 24.2 Å². The minimum absolute atomic E-state index is 0.000378. The lowest BCUT2D eigenvalue weighted by atomic mass is 10.2. The molecule has 0 radical (unpaired) electrons. The topological polar surface area (TPSA) is 126 Å². The van der Waals surface area contributed by atoms with E-state index in [2.05, 4.69) is 15.3 Å². The van der Waals surface area contributed by atoms with Crippen molar-refractivity contribution in [2.45, 2.75) is 25.4 Å². The summed E-state index contributed by atoms with van der Waals surface area (Å²) in [6, 6.07) is 6.63. The first-order valence-electron chi connectivity index (χ1n) is 8.82. The average molecular weight is 415 g/mol. The monoisotopic (exact) mass is 415 g/mol. The average Bonchev–Trinajstić information content (AvgIpc) is 3.29. The number of nitrogens with zero attached hydrogens (tertiary/aromatic N) is 4. The number of carbonyl (C=O) groups is 1. The fourth-order valence-corrected chi connectivity index (χ4v) is 3.03. The van der Waals surface area contributed by atoms with Gasteiger partial charge in [-0.1, -0.05) is 18.7 Å². The second-order valence-electron chi connectivity index (χ2n) is 5.98. The highest BCUT2D eigenvalue weighted by Gasteiger charge is 2.17. The van der Waals surface area contributed by atoms with Crippen LogP contribution in [0.4, 0.5) is 0 Å². The van der Waals surface area contributed by atoms with E-state index in [1.165, 1.54) is 23.2 Å². The number of thioether (sulfide) groups is 1. The largest absolute Gasteiger partial charge is 0.549 e. The van der Waals surface area contributed by atoms with Crippen molar-refractivity contribution >= 4 is 23.9 Å². The van der Waals surface area contributed by atoms with Crippen LogP contribution in [0.15, 0.2) is 45.2 Å². The molecule has 0 saturated carbocycles. The maximum absolute atomic E-state index is 10.8. The minimum Gasteiger partial charge on any atom is -0.549 e. The molecule has 0 aliphatic heterocycles. The Morgan fingerprint density at radius 3 is 2.90 bits per heavy atom. The van der Waals surface area contributed by atoms with Gasteiger partial charge < -0.3 is 24.2 Å². The smallest absolute Gasteiger partial charge is 0.212 e. The molecule has 9 nitrogen and oxygen atoms in total. The third-order valence-electron chi connectivity index (χ3n) is 3.82. The van der Waals surface area contributed by atoms with Crippen molar-refractivity contribution in [3.63, 3.8) is 0 Å². The molecule has 0 unspecified atom stereocenters. The normalized spacial score (nSPS) is 11.2. The Morgan fingerprint density at radius 1 is 1.41 bits per heavy atom. The Labute approximate surface area is 171 Å². The third-order valence-corrected chi connectivity index (χ3v) is 4.71. The standard InChI is InChI=1S/C19H20N4O5S/c1-3-7-28-14-5-4-13(16(24)9-14)10-20-23-18(15-6-8-27-12(15)2)21-22-19(23)29-11-17(25)26/h4-6,8-10,24H,3,7,11H2,1-2H3,(H,25,26)/p-1/b20-10+. The van der Waals surface area contributed by atoms with Gasteiger partial charge in [0.1, 0.15) is 17.3 Å². The van der Waals surface area contributed by atoms with Gasteiger partial charge in [0.2, 0.25) is 5.16 Å². The van der Waals surface area contributed by atoms with Gasteiger partial charge in [0.05, 0.1) is 30.6 Å². The Balaban J connectivity index is 1.93. The number of benzene rings is 1. The zero-order valence-electron chi connectivity index (χ0n) is 15.9. The maximum atomic E-state index is 10.8. The molecule has 152 valence electrons. The number of aromatic nitrogens is 3. The summed E-state index contributed by atoms with van der Waals surface area (Å²) >= 11 is 0.930. The van der Waals surface area contributed by atoms with Gasteiger partial charge in [-0.05, 0) is 31.5 Å². The summed E-state index contributed by atoms with van der Waals surface area (Å²) in [6.07, 6.45) is 3.81. The summed E-state index contributed by atoms with van der Waals surface area (Å²) < 4.78 is 12.2. The number of carbonyl (C=O) groups excluding carboxylic acids is 1. The predicted molar refractivity (Wildman–Crippen MR) is 105 cm³/mol. The van der Waals surface area contributed by atoms with Crippen molar-refractivity contribution in [3.05, 3.63) is 41.9 Å². The van der Waals surface area contributed by atoms with Crippen LogP contribution in [0.1, 0.15) is 24.7 Å². The first-order chi connectivity index (χ1) is 14.0. The highest BCUT2D eigenvalue weighted by atomic mass is 32.2. The first-order valence-corrected chi connectivity index (χ1v) is 9.80. The summed E-state index contributed by atoms with van der Waals surface area (Å²) in [5.74, 6) is 0.0366. The van der Waals surface area contributed by atoms with Crippen LogP contribution in [0.25, 0.3) is 11.4 Å². The molecule has 0 spiro atoms. The van der Waals surface area contributed by atoms with Gasteiger partial charge in [-0.15, -0.1) is 10.2 Å². The maximum Gasteiger partial charge on any atom is 0.212 e. The van der Waals surface area contributed by atoms with E-state index in [0.29, 0.717) is 35.1 Å². The van der Waals surface area contributed by atoms with Crippen LogP contribution in [-0.2, 0) is 4.79 Å². The predicted octanol–water partition coefficient (Wildman–Crippen LogP) is 2.07. The van der Waals surface area contributed by atoms with Crippen molar-refractivity contribution in [2.24, 2.45) is 5.10 Å². The SMILES string of the molecule is CCCOc1ccc(/C=N/n2c(SCC(=O)[O-])nnc2-c2ccoc2C)c(O)c1. The number of carboxylic acid groups (broad SMARTS) is 1. The van der Waals surface area contributed by atoms with Gasteiger partial charge in [0, 0.05) is 17.4 Å². The number of aryl methyl sites for hydroxylation is 1. The molecular formula is C19H19N4O5S-. The minimum atomic E-state index is -1.23. The van der Waals surface area contributed by atoms with Gasteiger partial charge in [-0.3, -0.25) is 0 Å². The van der Waals surface area contributed by atoms with E-state index < -0.39 is 5.97 Å².